The molecule has 4 aromatic rings. The molecule has 0 spiro atoms. The summed E-state index contributed by atoms with van der Waals surface area (Å²) in [6.07, 6.45) is 4.79. The summed E-state index contributed by atoms with van der Waals surface area (Å²) in [5, 5.41) is 14.0. The fourth-order valence-electron chi connectivity index (χ4n) is 3.36. The number of nitrogens with one attached hydrogen (secondary N) is 1. The van der Waals surface area contributed by atoms with Crippen molar-refractivity contribution in [1.82, 2.24) is 14.5 Å². The second-order valence-corrected chi connectivity index (χ2v) is 11.0. The van der Waals surface area contributed by atoms with Gasteiger partial charge in [-0.25, -0.2) is 4.98 Å². The van der Waals surface area contributed by atoms with Crippen molar-refractivity contribution in [2.45, 2.75) is 20.0 Å². The first-order valence-corrected chi connectivity index (χ1v) is 14.2. The molecule has 0 unspecified atom stereocenters. The molecule has 0 saturated carbocycles. The van der Waals surface area contributed by atoms with Crippen LogP contribution < -0.4 is 14.2 Å². The zero-order chi connectivity index (χ0) is 27.7. The van der Waals surface area contributed by atoms with Crippen LogP contribution in [0.1, 0.15) is 11.1 Å². The molecule has 2 heterocycles. The highest BCUT2D eigenvalue weighted by atomic mass is 127. The van der Waals surface area contributed by atoms with Crippen molar-refractivity contribution in [3.05, 3.63) is 60.0 Å². The minimum absolute atomic E-state index is 0.0794. The fraction of sp³-hybridized carbons (Fsp3) is 0.174. The Kier molecular flexibility index (Phi) is 7.95. The van der Waals surface area contributed by atoms with Gasteiger partial charge in [0.25, 0.3) is 0 Å². The van der Waals surface area contributed by atoms with Crippen LogP contribution in [0.25, 0.3) is 10.9 Å². The number of hydrogen-bond donors (Lipinski definition) is 1. The number of nitriles is 1. The molecular weight excluding hydrogens is 658 g/mol. The van der Waals surface area contributed by atoms with Crippen LogP contribution in [-0.4, -0.2) is 35.6 Å². The number of anilines is 2. The van der Waals surface area contributed by atoms with E-state index in [-0.39, 0.29) is 16.8 Å². The number of nitrogens with zero attached hydrogens (tertiary/aromatic N) is 4. The Balaban J connectivity index is 1.76. The maximum absolute atomic E-state index is 12.9. The van der Waals surface area contributed by atoms with Crippen LogP contribution in [0.5, 0.6) is 11.5 Å². The lowest BCUT2D eigenvalue weighted by molar-refractivity contribution is -0.0500. The molecule has 198 valence electrons. The quantitative estimate of drug-likeness (QED) is 0.105. The Morgan fingerprint density at radius 2 is 1.97 bits per heavy atom. The Labute approximate surface area is 233 Å². The van der Waals surface area contributed by atoms with E-state index in [0.717, 1.165) is 28.8 Å². The third-order valence-electron chi connectivity index (χ3n) is 5.21. The van der Waals surface area contributed by atoms with Crippen molar-refractivity contribution >= 4 is 66.7 Å². The predicted octanol–water partition coefficient (Wildman–Crippen LogP) is 5.91. The molecule has 0 atom stereocenters. The summed E-state index contributed by atoms with van der Waals surface area (Å²) in [5.41, 5.74) is -3.44. The zero-order valence-electron chi connectivity index (χ0n) is 19.6. The molecule has 1 N–H and O–H groups in total. The average molecular weight is 675 g/mol. The van der Waals surface area contributed by atoms with Crippen molar-refractivity contribution in [2.24, 2.45) is 7.05 Å². The third-order valence-corrected chi connectivity index (χ3v) is 8.19. The molecule has 0 fully saturated rings. The van der Waals surface area contributed by atoms with Gasteiger partial charge in [-0.1, -0.05) is 34.4 Å². The molecule has 15 heteroatoms. The predicted molar refractivity (Wildman–Crippen MR) is 143 cm³/mol. The number of methoxy groups -OCH3 is 1. The Morgan fingerprint density at radius 1 is 1.21 bits per heavy atom. The van der Waals surface area contributed by atoms with Gasteiger partial charge in [-0.15, -0.1) is 0 Å². The number of fused-ring (bicyclic) bond motifs is 1. The van der Waals surface area contributed by atoms with Gasteiger partial charge in [-0.2, -0.15) is 26.9 Å². The first-order chi connectivity index (χ1) is 18.0. The van der Waals surface area contributed by atoms with Crippen molar-refractivity contribution in [2.75, 3.05) is 12.4 Å². The summed E-state index contributed by atoms with van der Waals surface area (Å²) in [4.78, 5) is 9.42. The monoisotopic (exact) mass is 675 g/mol. The molecule has 0 aliphatic carbocycles. The number of ether oxygens (including phenoxy) is 1. The van der Waals surface area contributed by atoms with E-state index in [1.54, 1.807) is 6.20 Å². The van der Waals surface area contributed by atoms with Crippen molar-refractivity contribution in [3.63, 3.8) is 0 Å². The Bertz CT molecular complexity index is 1670. The standard InChI is InChI=1S/C23H17F3IN5O4S2/c1-32-6-5-29-22(32)37-20-4-3-15(7-13(20)10-27)31-21-14(11-28)12-30-17-9-19(18(35-2)8-16(17)21)36-38(33,34)23(24,25)26/h3-9,12H,10H2,1-2H3,(H,30,31). The number of hydrogen-bond acceptors (Lipinski definition) is 9. The molecular formula is C23H17F3IN5O4S2. The van der Waals surface area contributed by atoms with E-state index >= 15 is 0 Å². The fourth-order valence-corrected chi connectivity index (χ4v) is 5.63. The molecule has 0 aliphatic heterocycles. The number of imidazole rings is 1. The van der Waals surface area contributed by atoms with E-state index in [0.29, 0.717) is 21.2 Å². The third kappa shape index (κ3) is 5.61. The van der Waals surface area contributed by atoms with E-state index in [1.165, 1.54) is 24.0 Å². The largest absolute Gasteiger partial charge is 0.534 e. The molecule has 2 aromatic carbocycles. The summed E-state index contributed by atoms with van der Waals surface area (Å²) in [6, 6.07) is 9.95. The van der Waals surface area contributed by atoms with Gasteiger partial charge in [0.1, 0.15) is 6.07 Å². The van der Waals surface area contributed by atoms with Crippen LogP contribution in [0.4, 0.5) is 24.5 Å². The minimum Gasteiger partial charge on any atom is -0.493 e. The van der Waals surface area contributed by atoms with Gasteiger partial charge >= 0.3 is 15.6 Å². The van der Waals surface area contributed by atoms with E-state index < -0.39 is 21.4 Å². The van der Waals surface area contributed by atoms with E-state index in [1.807, 2.05) is 42.1 Å². The molecule has 2 aromatic heterocycles. The molecule has 0 bridgehead atoms. The number of halogens is 4. The number of benzene rings is 2. The van der Waals surface area contributed by atoms with Crippen LogP contribution >= 0.6 is 34.4 Å². The summed E-state index contributed by atoms with van der Waals surface area (Å²) < 4.78 is 73.7. The van der Waals surface area contributed by atoms with Crippen molar-refractivity contribution in [1.29, 1.82) is 5.26 Å². The number of alkyl halides is 4. The summed E-state index contributed by atoms with van der Waals surface area (Å²) in [7, 11) is -2.90. The minimum atomic E-state index is -5.94. The highest BCUT2D eigenvalue weighted by Gasteiger charge is 2.49. The summed E-state index contributed by atoms with van der Waals surface area (Å²) >= 11 is 3.75. The van der Waals surface area contributed by atoms with Gasteiger partial charge < -0.3 is 18.8 Å². The lowest BCUT2D eigenvalue weighted by Crippen LogP contribution is -2.28. The first kappa shape index (κ1) is 27.8. The molecule has 9 nitrogen and oxygen atoms in total. The van der Waals surface area contributed by atoms with Gasteiger partial charge in [-0.3, -0.25) is 4.98 Å². The second kappa shape index (κ2) is 10.9. The number of aromatic nitrogens is 3. The van der Waals surface area contributed by atoms with Crippen LogP contribution in [0.2, 0.25) is 0 Å². The van der Waals surface area contributed by atoms with Gasteiger partial charge in [-0.05, 0) is 29.8 Å². The normalized spacial score (nSPS) is 11.8. The first-order valence-electron chi connectivity index (χ1n) is 10.5. The molecule has 0 radical (unpaired) electrons. The summed E-state index contributed by atoms with van der Waals surface area (Å²) in [5.74, 6) is -0.983. The molecule has 38 heavy (non-hydrogen) atoms. The van der Waals surface area contributed by atoms with E-state index in [2.05, 4.69) is 42.1 Å². The van der Waals surface area contributed by atoms with E-state index in [9.17, 15) is 26.9 Å². The highest BCUT2D eigenvalue weighted by Crippen LogP contribution is 2.40. The molecule has 4 rings (SSSR count). The zero-order valence-corrected chi connectivity index (χ0v) is 23.4. The average Bonchev–Trinajstić information content (AvgIpc) is 3.27. The van der Waals surface area contributed by atoms with Crippen LogP contribution in [0.3, 0.4) is 0 Å². The second-order valence-electron chi connectivity index (χ2n) is 7.67. The van der Waals surface area contributed by atoms with Crippen LogP contribution in [0.15, 0.2) is 59.0 Å². The maximum atomic E-state index is 12.9. The highest BCUT2D eigenvalue weighted by molar-refractivity contribution is 14.1. The smallest absolute Gasteiger partial charge is 0.493 e. The molecule has 0 aliphatic rings. The lowest BCUT2D eigenvalue weighted by atomic mass is 10.1. The lowest BCUT2D eigenvalue weighted by Gasteiger charge is -2.16. The Hall–Kier alpha value is -3.23. The van der Waals surface area contributed by atoms with Gasteiger partial charge in [0.05, 0.1) is 23.9 Å². The van der Waals surface area contributed by atoms with E-state index in [4.69, 9.17) is 4.74 Å². The van der Waals surface area contributed by atoms with Gasteiger partial charge in [0, 0.05) is 52.1 Å². The van der Waals surface area contributed by atoms with Crippen molar-refractivity contribution < 1.29 is 30.5 Å². The number of aryl methyl sites for hydroxylation is 1. The topological polar surface area (TPSA) is 119 Å². The number of rotatable bonds is 8. The molecule has 0 amide bonds. The van der Waals surface area contributed by atoms with Gasteiger partial charge in [0.2, 0.25) is 0 Å². The van der Waals surface area contributed by atoms with Crippen LogP contribution in [-0.2, 0) is 21.6 Å². The SMILES string of the molecule is COc1cc2c(Nc3ccc(Sc4nccn4C)c(CI)c3)c(C#N)cnc2cc1OS(=O)(=O)C(F)(F)F. The van der Waals surface area contributed by atoms with Gasteiger partial charge in [0.15, 0.2) is 16.7 Å². The van der Waals surface area contributed by atoms with Crippen molar-refractivity contribution in [3.8, 4) is 17.6 Å². The number of pyridine rings is 1. The summed E-state index contributed by atoms with van der Waals surface area (Å²) in [6.45, 7) is 0. The molecule has 0 saturated heterocycles. The maximum Gasteiger partial charge on any atom is 0.534 e. The van der Waals surface area contributed by atoms with Crippen LogP contribution in [0, 0.1) is 11.3 Å². The Morgan fingerprint density at radius 3 is 2.58 bits per heavy atom.